The third-order valence-corrected chi connectivity index (χ3v) is 4.47. The normalized spacial score (nSPS) is 12.8. The first-order chi connectivity index (χ1) is 13.4. The Kier molecular flexibility index (Phi) is 11.2. The van der Waals surface area contributed by atoms with Crippen LogP contribution in [0.15, 0.2) is 42.5 Å². The summed E-state index contributed by atoms with van der Waals surface area (Å²) in [5.74, 6) is 0.400. The van der Waals surface area contributed by atoms with E-state index in [0.717, 1.165) is 12.0 Å². The number of hydrogen-bond acceptors (Lipinski definition) is 5. The molecular formula is C23H34O5. The molecule has 0 aliphatic rings. The van der Waals surface area contributed by atoms with Crippen molar-refractivity contribution in [3.05, 3.63) is 53.6 Å². The lowest BCUT2D eigenvalue weighted by molar-refractivity contribution is -0.0950. The summed E-state index contributed by atoms with van der Waals surface area (Å²) in [4.78, 5) is 12.7. The Morgan fingerprint density at radius 2 is 2.00 bits per heavy atom. The summed E-state index contributed by atoms with van der Waals surface area (Å²) in [7, 11) is 3.14. The van der Waals surface area contributed by atoms with Gasteiger partial charge in [0.1, 0.15) is 18.1 Å². The van der Waals surface area contributed by atoms with Crippen LogP contribution in [0.25, 0.3) is 0 Å². The Morgan fingerprint density at radius 3 is 2.61 bits per heavy atom. The third-order valence-electron chi connectivity index (χ3n) is 4.47. The first-order valence-electron chi connectivity index (χ1n) is 9.62. The maximum absolute atomic E-state index is 12.7. The number of carbonyl (C=O) groups is 1. The first-order valence-corrected chi connectivity index (χ1v) is 9.62. The molecule has 0 fully saturated rings. The number of rotatable bonds is 13. The smallest absolute Gasteiger partial charge is 0.342 e. The van der Waals surface area contributed by atoms with Gasteiger partial charge < -0.3 is 18.9 Å². The average Bonchev–Trinajstić information content (AvgIpc) is 2.68. The van der Waals surface area contributed by atoms with Crippen LogP contribution in [-0.4, -0.2) is 39.7 Å². The number of hydrogen-bond donors (Lipinski definition) is 0. The molecule has 0 spiro atoms. The molecule has 5 nitrogen and oxygen atoms in total. The summed E-state index contributed by atoms with van der Waals surface area (Å²) in [5, 5.41) is 0. The van der Waals surface area contributed by atoms with Crippen molar-refractivity contribution in [3.63, 3.8) is 0 Å². The van der Waals surface area contributed by atoms with Gasteiger partial charge in [0.05, 0.1) is 19.8 Å². The van der Waals surface area contributed by atoms with E-state index < -0.39 is 5.97 Å². The molecule has 0 bridgehead atoms. The molecule has 0 N–H and O–H groups in total. The Bertz CT molecular complexity index is 646. The highest BCUT2D eigenvalue weighted by atomic mass is 16.7. The van der Waals surface area contributed by atoms with E-state index in [1.165, 1.54) is 5.57 Å². The molecule has 0 saturated carbocycles. The van der Waals surface area contributed by atoms with Crippen LogP contribution in [-0.2, 0) is 20.6 Å². The summed E-state index contributed by atoms with van der Waals surface area (Å²) < 4.78 is 21.7. The fourth-order valence-electron chi connectivity index (χ4n) is 2.90. The third kappa shape index (κ3) is 7.87. The van der Waals surface area contributed by atoms with Gasteiger partial charge in [0.15, 0.2) is 0 Å². The predicted molar refractivity (Wildman–Crippen MR) is 112 cm³/mol. The fourth-order valence-corrected chi connectivity index (χ4v) is 2.90. The van der Waals surface area contributed by atoms with Gasteiger partial charge in [-0.1, -0.05) is 36.8 Å². The zero-order chi connectivity index (χ0) is 20.9. The second-order valence-corrected chi connectivity index (χ2v) is 7.02. The molecule has 2 atom stereocenters. The van der Waals surface area contributed by atoms with Crippen molar-refractivity contribution in [1.82, 2.24) is 0 Å². The lowest BCUT2D eigenvalue weighted by atomic mass is 9.97. The summed E-state index contributed by atoms with van der Waals surface area (Å²) >= 11 is 0. The predicted octanol–water partition coefficient (Wildman–Crippen LogP) is 4.95. The molecule has 0 heterocycles. The number of benzene rings is 1. The van der Waals surface area contributed by atoms with Crippen LogP contribution < -0.4 is 4.74 Å². The van der Waals surface area contributed by atoms with E-state index in [4.69, 9.17) is 18.9 Å². The molecular weight excluding hydrogens is 356 g/mol. The van der Waals surface area contributed by atoms with Crippen molar-refractivity contribution in [1.29, 1.82) is 0 Å². The quantitative estimate of drug-likeness (QED) is 0.271. The Morgan fingerprint density at radius 1 is 1.25 bits per heavy atom. The topological polar surface area (TPSA) is 54.0 Å². The zero-order valence-corrected chi connectivity index (χ0v) is 17.8. The van der Waals surface area contributed by atoms with Crippen LogP contribution in [0.5, 0.6) is 5.75 Å². The fraction of sp³-hybridized carbons (Fsp3) is 0.522. The van der Waals surface area contributed by atoms with Gasteiger partial charge in [0, 0.05) is 13.5 Å². The standard InChI is InChI=1S/C23H34O5/c1-7-9-19-10-8-11-21(26-6)22(19)23(24)27-15-14-20(28-16-25-5)18(4)13-12-17(2)3/h7-8,10-12,18,20H,1,9,13-16H2,2-6H3. The monoisotopic (exact) mass is 390 g/mol. The lowest BCUT2D eigenvalue weighted by Gasteiger charge is -2.23. The molecule has 0 aliphatic heterocycles. The summed E-state index contributed by atoms with van der Waals surface area (Å²) in [5.41, 5.74) is 2.56. The Labute approximate surface area is 169 Å². The highest BCUT2D eigenvalue weighted by Crippen LogP contribution is 2.24. The molecule has 1 aromatic carbocycles. The zero-order valence-electron chi connectivity index (χ0n) is 17.8. The molecule has 28 heavy (non-hydrogen) atoms. The van der Waals surface area contributed by atoms with Crippen LogP contribution in [0.4, 0.5) is 0 Å². The molecule has 1 rings (SSSR count). The first kappa shape index (κ1) is 23.9. The molecule has 1 aromatic rings. The number of methoxy groups -OCH3 is 2. The maximum atomic E-state index is 12.7. The highest BCUT2D eigenvalue weighted by molar-refractivity contribution is 5.94. The van der Waals surface area contributed by atoms with Crippen LogP contribution in [0.1, 0.15) is 49.5 Å². The summed E-state index contributed by atoms with van der Waals surface area (Å²) in [6, 6.07) is 5.50. The van der Waals surface area contributed by atoms with Crippen molar-refractivity contribution >= 4 is 5.97 Å². The number of carbonyl (C=O) groups excluding carboxylic acids is 1. The maximum Gasteiger partial charge on any atom is 0.342 e. The lowest BCUT2D eigenvalue weighted by Crippen LogP contribution is -2.25. The van der Waals surface area contributed by atoms with Gasteiger partial charge in [0.2, 0.25) is 0 Å². The van der Waals surface area contributed by atoms with E-state index in [1.54, 1.807) is 26.4 Å². The van der Waals surface area contributed by atoms with Gasteiger partial charge in [-0.15, -0.1) is 6.58 Å². The average molecular weight is 391 g/mol. The number of esters is 1. The summed E-state index contributed by atoms with van der Waals surface area (Å²) in [6.45, 7) is 10.5. The number of ether oxygens (including phenoxy) is 4. The molecule has 2 unspecified atom stereocenters. The SMILES string of the molecule is C=CCc1cccc(OC)c1C(=O)OCCC(OCOC)C(C)CC=C(C)C. The second kappa shape index (κ2) is 13.1. The minimum atomic E-state index is -0.392. The van der Waals surface area contributed by atoms with E-state index in [1.807, 2.05) is 12.1 Å². The molecule has 0 saturated heterocycles. The number of allylic oxidation sites excluding steroid dienone is 3. The molecule has 5 heteroatoms. The van der Waals surface area contributed by atoms with Crippen molar-refractivity contribution < 1.29 is 23.7 Å². The van der Waals surface area contributed by atoms with E-state index in [2.05, 4.69) is 33.4 Å². The van der Waals surface area contributed by atoms with Gasteiger partial charge in [0.25, 0.3) is 0 Å². The van der Waals surface area contributed by atoms with Crippen LogP contribution >= 0.6 is 0 Å². The Balaban J connectivity index is 2.76. The second-order valence-electron chi connectivity index (χ2n) is 7.02. The van der Waals surface area contributed by atoms with Crippen molar-refractivity contribution in [3.8, 4) is 5.75 Å². The van der Waals surface area contributed by atoms with Crippen LogP contribution in [0, 0.1) is 5.92 Å². The van der Waals surface area contributed by atoms with Gasteiger partial charge in [-0.3, -0.25) is 0 Å². The van der Waals surface area contributed by atoms with E-state index in [9.17, 15) is 4.79 Å². The van der Waals surface area contributed by atoms with Crippen molar-refractivity contribution in [2.45, 2.75) is 46.1 Å². The van der Waals surface area contributed by atoms with Crippen LogP contribution in [0.3, 0.4) is 0 Å². The molecule has 0 amide bonds. The summed E-state index contributed by atoms with van der Waals surface area (Å²) in [6.07, 6.45) is 5.95. The molecule has 0 radical (unpaired) electrons. The van der Waals surface area contributed by atoms with Gasteiger partial charge in [-0.05, 0) is 44.2 Å². The van der Waals surface area contributed by atoms with Crippen molar-refractivity contribution in [2.75, 3.05) is 27.6 Å². The van der Waals surface area contributed by atoms with Gasteiger partial charge in [-0.2, -0.15) is 0 Å². The van der Waals surface area contributed by atoms with Crippen LogP contribution in [0.2, 0.25) is 0 Å². The molecule has 156 valence electrons. The van der Waals surface area contributed by atoms with Gasteiger partial charge in [-0.25, -0.2) is 4.79 Å². The van der Waals surface area contributed by atoms with E-state index in [-0.39, 0.29) is 25.4 Å². The van der Waals surface area contributed by atoms with E-state index >= 15 is 0 Å². The van der Waals surface area contributed by atoms with Crippen molar-refractivity contribution in [2.24, 2.45) is 5.92 Å². The van der Waals surface area contributed by atoms with Gasteiger partial charge >= 0.3 is 5.97 Å². The molecule has 0 aliphatic carbocycles. The minimum absolute atomic E-state index is 0.0614. The largest absolute Gasteiger partial charge is 0.496 e. The highest BCUT2D eigenvalue weighted by Gasteiger charge is 2.21. The Hall–Kier alpha value is -2.11. The van der Waals surface area contributed by atoms with E-state index in [0.29, 0.717) is 24.2 Å². The molecule has 0 aromatic heterocycles. The minimum Gasteiger partial charge on any atom is -0.496 e.